The second kappa shape index (κ2) is 6.31. The Kier molecular flexibility index (Phi) is 3.82. The van der Waals surface area contributed by atoms with Gasteiger partial charge in [0.2, 0.25) is 0 Å². The first-order chi connectivity index (χ1) is 14.3. The molecule has 152 valence electrons. The van der Waals surface area contributed by atoms with Crippen molar-refractivity contribution >= 4 is 34.0 Å². The van der Waals surface area contributed by atoms with E-state index in [1.54, 1.807) is 23.0 Å². The molecule has 0 fully saturated rings. The van der Waals surface area contributed by atoms with Gasteiger partial charge in [-0.15, -0.1) is 0 Å². The molecule has 1 aromatic carbocycles. The molecule has 4 aromatic rings. The van der Waals surface area contributed by atoms with Gasteiger partial charge in [-0.2, -0.15) is 13.2 Å². The molecule has 2 N–H and O–H groups in total. The van der Waals surface area contributed by atoms with Gasteiger partial charge < -0.3 is 15.4 Å². The molecular formula is C19H13F3N6O2. The smallest absolute Gasteiger partial charge is 0.416 e. The van der Waals surface area contributed by atoms with E-state index < -0.39 is 17.6 Å². The van der Waals surface area contributed by atoms with Gasteiger partial charge in [0.1, 0.15) is 34.9 Å². The first kappa shape index (κ1) is 18.2. The molecule has 30 heavy (non-hydrogen) atoms. The third-order valence-corrected chi connectivity index (χ3v) is 4.88. The van der Waals surface area contributed by atoms with Crippen molar-refractivity contribution in [2.75, 3.05) is 23.8 Å². The maximum atomic E-state index is 13.1. The third kappa shape index (κ3) is 2.78. The van der Waals surface area contributed by atoms with Crippen LogP contribution in [0.2, 0.25) is 0 Å². The zero-order valence-corrected chi connectivity index (χ0v) is 15.2. The Morgan fingerprint density at radius 1 is 1.17 bits per heavy atom. The minimum absolute atomic E-state index is 0.00310. The fourth-order valence-electron chi connectivity index (χ4n) is 3.44. The van der Waals surface area contributed by atoms with Crippen molar-refractivity contribution in [2.24, 2.45) is 0 Å². The second-order valence-corrected chi connectivity index (χ2v) is 6.69. The number of nitrogen functional groups attached to an aromatic ring is 1. The number of rotatable bonds is 1. The molecule has 0 unspecified atom stereocenters. The summed E-state index contributed by atoms with van der Waals surface area (Å²) in [5.74, 6) is -0.189. The summed E-state index contributed by atoms with van der Waals surface area (Å²) in [5.41, 5.74) is 7.07. The summed E-state index contributed by atoms with van der Waals surface area (Å²) in [6.07, 6.45) is 0.0227. The Morgan fingerprint density at radius 3 is 2.80 bits per heavy atom. The van der Waals surface area contributed by atoms with Crippen LogP contribution < -0.4 is 15.4 Å². The lowest BCUT2D eigenvalue weighted by molar-refractivity contribution is -0.137. The first-order valence-corrected chi connectivity index (χ1v) is 8.86. The number of ether oxygens (including phenoxy) is 1. The van der Waals surface area contributed by atoms with Crippen molar-refractivity contribution in [3.63, 3.8) is 0 Å². The van der Waals surface area contributed by atoms with Gasteiger partial charge in [-0.3, -0.25) is 9.20 Å². The van der Waals surface area contributed by atoms with E-state index in [9.17, 15) is 18.0 Å². The van der Waals surface area contributed by atoms with Crippen LogP contribution in [0.15, 0.2) is 43.0 Å². The number of alkyl halides is 3. The zero-order chi connectivity index (χ0) is 21.0. The molecule has 1 aliphatic heterocycles. The molecule has 0 aliphatic carbocycles. The van der Waals surface area contributed by atoms with Gasteiger partial charge in [0.15, 0.2) is 0 Å². The summed E-state index contributed by atoms with van der Waals surface area (Å²) >= 11 is 0. The standard InChI is InChI=1S/C19H13F3N6O2/c20-19(21,22)10-1-2-13-16(5-10)30-4-3-27(13)18(29)11-6-14-12(7-25-11)26-17(23)15-8-24-9-28(14)15/h1-2,5-9H,3-4H2,(H2,23,26). The summed E-state index contributed by atoms with van der Waals surface area (Å²) in [5, 5.41) is 0. The van der Waals surface area contributed by atoms with Crippen LogP contribution in [-0.4, -0.2) is 38.4 Å². The Balaban J connectivity index is 1.57. The van der Waals surface area contributed by atoms with Gasteiger partial charge in [0.25, 0.3) is 5.91 Å². The minimum Gasteiger partial charge on any atom is -0.490 e. The molecule has 4 heterocycles. The number of carbonyl (C=O) groups is 1. The molecule has 11 heteroatoms. The largest absolute Gasteiger partial charge is 0.490 e. The predicted molar refractivity (Wildman–Crippen MR) is 101 cm³/mol. The van der Waals surface area contributed by atoms with Crippen molar-refractivity contribution < 1.29 is 22.7 Å². The fraction of sp³-hybridized carbons (Fsp3) is 0.158. The quantitative estimate of drug-likeness (QED) is 0.514. The molecule has 0 spiro atoms. The number of carbonyl (C=O) groups excluding carboxylic acids is 1. The van der Waals surface area contributed by atoms with Gasteiger partial charge in [-0.05, 0) is 24.3 Å². The molecule has 0 radical (unpaired) electrons. The summed E-state index contributed by atoms with van der Waals surface area (Å²) in [7, 11) is 0. The minimum atomic E-state index is -4.50. The van der Waals surface area contributed by atoms with Gasteiger partial charge in [-0.25, -0.2) is 15.0 Å². The van der Waals surface area contributed by atoms with Crippen molar-refractivity contribution in [3.05, 3.63) is 54.2 Å². The van der Waals surface area contributed by atoms with Crippen LogP contribution in [0.3, 0.4) is 0 Å². The van der Waals surface area contributed by atoms with E-state index in [0.717, 1.165) is 12.1 Å². The Bertz CT molecular complexity index is 1320. The molecule has 0 saturated carbocycles. The maximum absolute atomic E-state index is 13.1. The van der Waals surface area contributed by atoms with E-state index in [1.807, 2.05) is 0 Å². The van der Waals surface area contributed by atoms with Crippen LogP contribution in [0.4, 0.5) is 24.7 Å². The first-order valence-electron chi connectivity index (χ1n) is 8.86. The van der Waals surface area contributed by atoms with Crippen LogP contribution in [0, 0.1) is 0 Å². The van der Waals surface area contributed by atoms with Gasteiger partial charge in [0, 0.05) is 0 Å². The number of pyridine rings is 1. The number of imidazole rings is 1. The summed E-state index contributed by atoms with van der Waals surface area (Å²) in [4.78, 5) is 27.0. The molecule has 8 nitrogen and oxygen atoms in total. The number of benzene rings is 1. The van der Waals surface area contributed by atoms with Crippen LogP contribution in [0.5, 0.6) is 5.75 Å². The molecule has 1 aliphatic rings. The molecule has 1 amide bonds. The molecule has 3 aromatic heterocycles. The van der Waals surface area contributed by atoms with Crippen LogP contribution in [0.25, 0.3) is 16.6 Å². The third-order valence-electron chi connectivity index (χ3n) is 4.88. The highest BCUT2D eigenvalue weighted by Crippen LogP contribution is 2.38. The Hall–Kier alpha value is -3.89. The van der Waals surface area contributed by atoms with Crippen LogP contribution in [-0.2, 0) is 6.18 Å². The van der Waals surface area contributed by atoms with Gasteiger partial charge in [-0.1, -0.05) is 0 Å². The highest BCUT2D eigenvalue weighted by Gasteiger charge is 2.33. The normalized spacial score (nSPS) is 14.0. The Labute approximate surface area is 166 Å². The van der Waals surface area contributed by atoms with E-state index >= 15 is 0 Å². The number of nitrogens with two attached hydrogens (primary N) is 1. The number of halogens is 3. The van der Waals surface area contributed by atoms with Crippen molar-refractivity contribution in [3.8, 4) is 5.75 Å². The maximum Gasteiger partial charge on any atom is 0.416 e. The molecule has 5 rings (SSSR count). The number of amides is 1. The summed E-state index contributed by atoms with van der Waals surface area (Å²) < 4.78 is 46.0. The van der Waals surface area contributed by atoms with Gasteiger partial charge in [0.05, 0.1) is 42.0 Å². The summed E-state index contributed by atoms with van der Waals surface area (Å²) in [6, 6.07) is 4.60. The van der Waals surface area contributed by atoms with Gasteiger partial charge >= 0.3 is 6.18 Å². The SMILES string of the molecule is Nc1nc2cnc(C(=O)N3CCOc4cc(C(F)(F)F)ccc43)cc2n2cncc12. The van der Waals surface area contributed by atoms with E-state index in [1.165, 1.54) is 17.2 Å². The van der Waals surface area contributed by atoms with E-state index in [-0.39, 0.29) is 36.1 Å². The highest BCUT2D eigenvalue weighted by atomic mass is 19.4. The molecule has 0 bridgehead atoms. The second-order valence-electron chi connectivity index (χ2n) is 6.69. The van der Waals surface area contributed by atoms with Crippen molar-refractivity contribution in [1.82, 2.24) is 19.4 Å². The molecule has 0 atom stereocenters. The monoisotopic (exact) mass is 414 g/mol. The number of fused-ring (bicyclic) bond motifs is 4. The highest BCUT2D eigenvalue weighted by molar-refractivity contribution is 6.07. The lowest BCUT2D eigenvalue weighted by Gasteiger charge is -2.29. The predicted octanol–water partition coefficient (Wildman–Crippen LogP) is 2.92. The summed E-state index contributed by atoms with van der Waals surface area (Å²) in [6.45, 7) is 0.245. The lowest BCUT2D eigenvalue weighted by Crippen LogP contribution is -2.38. The van der Waals surface area contributed by atoms with Crippen LogP contribution in [0.1, 0.15) is 16.1 Å². The van der Waals surface area contributed by atoms with E-state index in [2.05, 4.69) is 15.0 Å². The van der Waals surface area contributed by atoms with E-state index in [0.29, 0.717) is 16.6 Å². The van der Waals surface area contributed by atoms with E-state index in [4.69, 9.17) is 10.5 Å². The van der Waals surface area contributed by atoms with Crippen molar-refractivity contribution in [2.45, 2.75) is 6.18 Å². The zero-order valence-electron chi connectivity index (χ0n) is 15.2. The molecule has 0 saturated heterocycles. The van der Waals surface area contributed by atoms with Crippen molar-refractivity contribution in [1.29, 1.82) is 0 Å². The Morgan fingerprint density at radius 2 is 2.00 bits per heavy atom. The number of nitrogens with zero attached hydrogens (tertiary/aromatic N) is 5. The number of aromatic nitrogens is 4. The molecular weight excluding hydrogens is 401 g/mol. The topological polar surface area (TPSA) is 98.6 Å². The average Bonchev–Trinajstić information content (AvgIpc) is 3.22. The number of anilines is 2. The lowest BCUT2D eigenvalue weighted by atomic mass is 10.1. The van der Waals surface area contributed by atoms with Crippen LogP contribution >= 0.6 is 0 Å². The number of hydrogen-bond acceptors (Lipinski definition) is 6. The average molecular weight is 414 g/mol. The number of hydrogen-bond donors (Lipinski definition) is 1. The fourth-order valence-corrected chi connectivity index (χ4v) is 3.44.